The predicted octanol–water partition coefficient (Wildman–Crippen LogP) is 2.96. The number of nitrogens with one attached hydrogen (secondary N) is 1. The Labute approximate surface area is 160 Å². The number of rotatable bonds is 3. The van der Waals surface area contributed by atoms with E-state index in [0.717, 1.165) is 47.9 Å². The van der Waals surface area contributed by atoms with Crippen LogP contribution in [0.25, 0.3) is 22.0 Å². The lowest BCUT2D eigenvalue weighted by Crippen LogP contribution is -2.29. The van der Waals surface area contributed by atoms with Gasteiger partial charge in [0.15, 0.2) is 5.65 Å². The maximum atomic E-state index is 11.7. The first-order valence-corrected chi connectivity index (χ1v) is 9.30. The lowest BCUT2D eigenvalue weighted by atomic mass is 10.1. The van der Waals surface area contributed by atoms with Crippen molar-refractivity contribution in [2.24, 2.45) is 0 Å². The summed E-state index contributed by atoms with van der Waals surface area (Å²) < 4.78 is 13.3. The molecule has 4 aromatic rings. The largest absolute Gasteiger partial charge is 0.438 e. The normalized spacial score (nSPS) is 15.3. The molecular weight excluding hydrogens is 358 g/mol. The van der Waals surface area contributed by atoms with Gasteiger partial charge in [-0.1, -0.05) is 0 Å². The Hall–Kier alpha value is -3.26. The van der Waals surface area contributed by atoms with Crippen molar-refractivity contribution in [3.63, 3.8) is 0 Å². The average Bonchev–Trinajstić information content (AvgIpc) is 3.13. The number of aromatic nitrogens is 4. The molecule has 1 aromatic carbocycles. The van der Waals surface area contributed by atoms with Gasteiger partial charge in [-0.15, -0.1) is 0 Å². The van der Waals surface area contributed by atoms with Crippen LogP contribution in [0.15, 0.2) is 46.0 Å². The van der Waals surface area contributed by atoms with Crippen molar-refractivity contribution in [2.75, 3.05) is 13.1 Å². The Morgan fingerprint density at radius 3 is 2.89 bits per heavy atom. The van der Waals surface area contributed by atoms with Crippen LogP contribution < -0.4 is 15.7 Å². The van der Waals surface area contributed by atoms with Gasteiger partial charge in [0.2, 0.25) is 5.88 Å². The highest BCUT2D eigenvalue weighted by atomic mass is 16.5. The van der Waals surface area contributed by atoms with Crippen molar-refractivity contribution in [1.82, 2.24) is 25.1 Å². The topological polar surface area (TPSA) is 95.1 Å². The van der Waals surface area contributed by atoms with Gasteiger partial charge in [-0.25, -0.2) is 19.4 Å². The van der Waals surface area contributed by atoms with E-state index >= 15 is 0 Å². The zero-order valence-electron chi connectivity index (χ0n) is 15.4. The summed E-state index contributed by atoms with van der Waals surface area (Å²) in [6, 6.07) is 7.21. The molecule has 0 saturated carbocycles. The summed E-state index contributed by atoms with van der Waals surface area (Å²) in [6.07, 6.45) is 5.26. The zero-order chi connectivity index (χ0) is 19.1. The summed E-state index contributed by atoms with van der Waals surface area (Å²) in [4.78, 5) is 20.4. The maximum absolute atomic E-state index is 11.7. The molecule has 1 aliphatic rings. The Balaban J connectivity index is 1.52. The average molecular weight is 377 g/mol. The third-order valence-electron chi connectivity index (χ3n) is 5.15. The third kappa shape index (κ3) is 2.91. The molecule has 8 heteroatoms. The maximum Gasteiger partial charge on any atom is 0.336 e. The quantitative estimate of drug-likeness (QED) is 0.548. The molecule has 4 heterocycles. The van der Waals surface area contributed by atoms with Gasteiger partial charge in [0, 0.05) is 17.5 Å². The van der Waals surface area contributed by atoms with E-state index in [-0.39, 0.29) is 5.63 Å². The molecule has 0 amide bonds. The van der Waals surface area contributed by atoms with Crippen LogP contribution >= 0.6 is 0 Å². The van der Waals surface area contributed by atoms with E-state index in [1.807, 2.05) is 23.7 Å². The smallest absolute Gasteiger partial charge is 0.336 e. The fraction of sp³-hybridized carbons (Fsp3) is 0.300. The molecule has 1 saturated heterocycles. The van der Waals surface area contributed by atoms with Crippen LogP contribution in [0, 0.1) is 6.92 Å². The minimum Gasteiger partial charge on any atom is -0.438 e. The molecule has 0 atom stereocenters. The number of ether oxygens (including phenoxy) is 1. The highest BCUT2D eigenvalue weighted by Gasteiger charge is 2.20. The molecule has 0 spiro atoms. The molecule has 142 valence electrons. The molecule has 8 nitrogen and oxygen atoms in total. The number of aryl methyl sites for hydroxylation is 1. The van der Waals surface area contributed by atoms with Crippen molar-refractivity contribution in [3.8, 4) is 11.6 Å². The van der Waals surface area contributed by atoms with Crippen molar-refractivity contribution in [3.05, 3.63) is 52.8 Å². The second-order valence-corrected chi connectivity index (χ2v) is 6.99. The Morgan fingerprint density at radius 2 is 2.04 bits per heavy atom. The van der Waals surface area contributed by atoms with Crippen LogP contribution in [0.1, 0.15) is 24.4 Å². The minimum atomic E-state index is -0.380. The van der Waals surface area contributed by atoms with Crippen LogP contribution in [0.2, 0.25) is 0 Å². The molecule has 28 heavy (non-hydrogen) atoms. The van der Waals surface area contributed by atoms with E-state index in [0.29, 0.717) is 23.3 Å². The number of benzene rings is 1. The SMILES string of the molecule is Cc1cc(=O)oc2cc(Oc3ncnc4c3cnn4C3CCNCC3)ccc12. The van der Waals surface area contributed by atoms with Crippen molar-refractivity contribution in [2.45, 2.75) is 25.8 Å². The van der Waals surface area contributed by atoms with Gasteiger partial charge in [0.05, 0.1) is 12.2 Å². The van der Waals surface area contributed by atoms with Crippen molar-refractivity contribution < 1.29 is 9.15 Å². The molecule has 3 aromatic heterocycles. The first-order chi connectivity index (χ1) is 13.7. The summed E-state index contributed by atoms with van der Waals surface area (Å²) in [5.74, 6) is 0.968. The number of hydrogen-bond donors (Lipinski definition) is 1. The lowest BCUT2D eigenvalue weighted by molar-refractivity contribution is 0.349. The van der Waals surface area contributed by atoms with E-state index < -0.39 is 0 Å². The van der Waals surface area contributed by atoms with Gasteiger partial charge < -0.3 is 14.5 Å². The number of fused-ring (bicyclic) bond motifs is 2. The zero-order valence-corrected chi connectivity index (χ0v) is 15.4. The van der Waals surface area contributed by atoms with Crippen molar-refractivity contribution in [1.29, 1.82) is 0 Å². The van der Waals surface area contributed by atoms with E-state index in [9.17, 15) is 4.79 Å². The first-order valence-electron chi connectivity index (χ1n) is 9.30. The van der Waals surface area contributed by atoms with Crippen LogP contribution in [-0.2, 0) is 0 Å². The molecule has 0 bridgehead atoms. The van der Waals surface area contributed by atoms with Crippen LogP contribution in [0.4, 0.5) is 0 Å². The molecule has 0 unspecified atom stereocenters. The van der Waals surface area contributed by atoms with Gasteiger partial charge in [0.1, 0.15) is 23.0 Å². The van der Waals surface area contributed by atoms with Crippen LogP contribution in [0.5, 0.6) is 11.6 Å². The number of nitrogens with zero attached hydrogens (tertiary/aromatic N) is 4. The number of piperidine rings is 1. The van der Waals surface area contributed by atoms with Gasteiger partial charge in [-0.05, 0) is 50.6 Å². The highest BCUT2D eigenvalue weighted by Crippen LogP contribution is 2.31. The van der Waals surface area contributed by atoms with E-state index in [4.69, 9.17) is 9.15 Å². The monoisotopic (exact) mass is 377 g/mol. The lowest BCUT2D eigenvalue weighted by Gasteiger charge is -2.23. The Kier molecular flexibility index (Phi) is 4.05. The van der Waals surface area contributed by atoms with E-state index in [2.05, 4.69) is 20.4 Å². The van der Waals surface area contributed by atoms with E-state index in [1.165, 1.54) is 12.4 Å². The first kappa shape index (κ1) is 16.9. The summed E-state index contributed by atoms with van der Waals surface area (Å²) in [5, 5.41) is 9.53. The second-order valence-electron chi connectivity index (χ2n) is 6.99. The highest BCUT2D eigenvalue weighted by molar-refractivity contribution is 5.82. The van der Waals surface area contributed by atoms with Crippen LogP contribution in [0.3, 0.4) is 0 Å². The standard InChI is InChI=1S/C20H19N5O3/c1-12-8-18(26)28-17-9-14(2-3-15(12)17)27-20-16-10-24-25(19(16)22-11-23-20)13-4-6-21-7-5-13/h2-3,8-11,13,21H,4-7H2,1H3. The molecular formula is C20H19N5O3. The van der Waals surface area contributed by atoms with Gasteiger partial charge in [-0.3, -0.25) is 0 Å². The molecule has 0 aliphatic carbocycles. The van der Waals surface area contributed by atoms with Gasteiger partial charge in [0.25, 0.3) is 0 Å². The molecule has 1 N–H and O–H groups in total. The fourth-order valence-corrected chi connectivity index (χ4v) is 3.72. The van der Waals surface area contributed by atoms with Gasteiger partial charge in [-0.2, -0.15) is 5.10 Å². The van der Waals surface area contributed by atoms with Crippen LogP contribution in [-0.4, -0.2) is 32.8 Å². The summed E-state index contributed by atoms with van der Waals surface area (Å²) in [7, 11) is 0. The van der Waals surface area contributed by atoms with Crippen molar-refractivity contribution >= 4 is 22.0 Å². The minimum absolute atomic E-state index is 0.319. The Morgan fingerprint density at radius 1 is 1.18 bits per heavy atom. The third-order valence-corrected chi connectivity index (χ3v) is 5.15. The molecule has 1 fully saturated rings. The molecule has 5 rings (SSSR count). The predicted molar refractivity (Wildman–Crippen MR) is 104 cm³/mol. The number of hydrogen-bond acceptors (Lipinski definition) is 7. The van der Waals surface area contributed by atoms with Gasteiger partial charge >= 0.3 is 5.63 Å². The van der Waals surface area contributed by atoms with E-state index in [1.54, 1.807) is 12.3 Å². The second kappa shape index (κ2) is 6.72. The molecule has 0 radical (unpaired) electrons. The summed E-state index contributed by atoms with van der Waals surface area (Å²) >= 11 is 0. The fourth-order valence-electron chi connectivity index (χ4n) is 3.72. The Bertz CT molecular complexity index is 1220. The molecule has 1 aliphatic heterocycles. The summed E-state index contributed by atoms with van der Waals surface area (Å²) in [6.45, 7) is 3.83. The summed E-state index contributed by atoms with van der Waals surface area (Å²) in [5.41, 5.74) is 1.73.